The van der Waals surface area contributed by atoms with Crippen LogP contribution in [0.4, 0.5) is 9.18 Å². The molecule has 1 aliphatic rings. The summed E-state index contributed by atoms with van der Waals surface area (Å²) in [5, 5.41) is 20.2. The Balaban J connectivity index is 1.89. The Kier molecular flexibility index (Phi) is 5.73. The van der Waals surface area contributed by atoms with Crippen LogP contribution >= 0.6 is 0 Å². The number of aliphatic hydroxyl groups is 1. The average molecular weight is 305 g/mol. The van der Waals surface area contributed by atoms with Gasteiger partial charge in [-0.2, -0.15) is 5.26 Å². The number of hydrogen-bond donors (Lipinski definition) is 2. The normalized spacial score (nSPS) is 13.5. The van der Waals surface area contributed by atoms with Crippen molar-refractivity contribution in [2.75, 3.05) is 13.2 Å². The Labute approximate surface area is 129 Å². The maximum Gasteiger partial charge on any atom is 0.317 e. The number of nitriles is 1. The topological polar surface area (TPSA) is 76.4 Å². The molecular formula is C16H20FN3O2. The van der Waals surface area contributed by atoms with Gasteiger partial charge in [-0.1, -0.05) is 6.07 Å². The van der Waals surface area contributed by atoms with Gasteiger partial charge in [-0.25, -0.2) is 9.18 Å². The second-order valence-corrected chi connectivity index (χ2v) is 5.43. The molecule has 5 nitrogen and oxygen atoms in total. The molecule has 2 rings (SSSR count). The summed E-state index contributed by atoms with van der Waals surface area (Å²) in [6.45, 7) is 0.823. The molecule has 1 aliphatic carbocycles. The lowest BCUT2D eigenvalue weighted by Gasteiger charge is -2.22. The van der Waals surface area contributed by atoms with Crippen LogP contribution in [0.5, 0.6) is 0 Å². The maximum atomic E-state index is 13.8. The van der Waals surface area contributed by atoms with E-state index in [1.54, 1.807) is 4.90 Å². The minimum absolute atomic E-state index is 0.0968. The van der Waals surface area contributed by atoms with E-state index in [9.17, 15) is 9.18 Å². The van der Waals surface area contributed by atoms with E-state index in [1.807, 2.05) is 6.07 Å². The minimum atomic E-state index is -0.488. The van der Waals surface area contributed by atoms with Crippen molar-refractivity contribution in [1.29, 1.82) is 5.26 Å². The van der Waals surface area contributed by atoms with E-state index in [0.717, 1.165) is 19.3 Å². The molecule has 0 bridgehead atoms. The molecule has 1 fully saturated rings. The van der Waals surface area contributed by atoms with Crippen molar-refractivity contribution in [2.24, 2.45) is 0 Å². The summed E-state index contributed by atoms with van der Waals surface area (Å²) in [7, 11) is 0. The van der Waals surface area contributed by atoms with Gasteiger partial charge in [-0.15, -0.1) is 0 Å². The molecule has 0 radical (unpaired) electrons. The number of benzene rings is 1. The van der Waals surface area contributed by atoms with E-state index < -0.39 is 5.82 Å². The second kappa shape index (κ2) is 7.76. The molecule has 0 unspecified atom stereocenters. The Bertz CT molecular complexity index is 567. The fraction of sp³-hybridized carbons (Fsp3) is 0.500. The lowest BCUT2D eigenvalue weighted by molar-refractivity contribution is 0.190. The number of halogens is 1. The zero-order chi connectivity index (χ0) is 15.9. The van der Waals surface area contributed by atoms with Crippen molar-refractivity contribution in [1.82, 2.24) is 10.2 Å². The van der Waals surface area contributed by atoms with Crippen LogP contribution in [0.25, 0.3) is 0 Å². The van der Waals surface area contributed by atoms with Crippen LogP contribution in [0.1, 0.15) is 36.8 Å². The largest absolute Gasteiger partial charge is 0.396 e. The van der Waals surface area contributed by atoms with Crippen molar-refractivity contribution in [3.8, 4) is 6.07 Å². The van der Waals surface area contributed by atoms with Crippen molar-refractivity contribution in [3.63, 3.8) is 0 Å². The number of rotatable bonds is 7. The summed E-state index contributed by atoms with van der Waals surface area (Å²) in [4.78, 5) is 14.0. The van der Waals surface area contributed by atoms with E-state index >= 15 is 0 Å². The number of amides is 2. The van der Waals surface area contributed by atoms with Crippen molar-refractivity contribution < 1.29 is 14.3 Å². The quantitative estimate of drug-likeness (QED) is 0.758. The van der Waals surface area contributed by atoms with Gasteiger partial charge in [-0.05, 0) is 37.8 Å². The predicted octanol–water partition coefficient (Wildman–Crippen LogP) is 2.14. The fourth-order valence-corrected chi connectivity index (χ4v) is 2.26. The summed E-state index contributed by atoms with van der Waals surface area (Å²) >= 11 is 0. The third-order valence-corrected chi connectivity index (χ3v) is 3.67. The lowest BCUT2D eigenvalue weighted by atomic mass is 10.1. The van der Waals surface area contributed by atoms with Gasteiger partial charge in [0.2, 0.25) is 0 Å². The fourth-order valence-electron chi connectivity index (χ4n) is 2.26. The number of nitrogens with one attached hydrogen (secondary N) is 1. The van der Waals surface area contributed by atoms with E-state index in [2.05, 4.69) is 5.32 Å². The highest BCUT2D eigenvalue weighted by atomic mass is 19.1. The van der Waals surface area contributed by atoms with Crippen LogP contribution in [-0.4, -0.2) is 35.2 Å². The summed E-state index contributed by atoms with van der Waals surface area (Å²) in [5.74, 6) is -0.488. The standard InChI is InChI=1S/C16H20FN3O2/c17-15-9-12(10-18)3-4-13(15)11-19-16(22)20(14-5-6-14)7-1-2-8-21/h3-4,9,14,21H,1-2,5-8,11H2,(H,19,22). The van der Waals surface area contributed by atoms with Crippen LogP contribution in [-0.2, 0) is 6.54 Å². The molecule has 0 spiro atoms. The molecule has 0 aromatic heterocycles. The Morgan fingerprint density at radius 3 is 2.82 bits per heavy atom. The summed E-state index contributed by atoms with van der Waals surface area (Å²) in [6, 6.07) is 6.15. The Morgan fingerprint density at radius 1 is 1.45 bits per heavy atom. The number of aliphatic hydroxyl groups excluding tert-OH is 1. The number of nitrogens with zero attached hydrogens (tertiary/aromatic N) is 2. The third-order valence-electron chi connectivity index (χ3n) is 3.67. The van der Waals surface area contributed by atoms with Crippen LogP contribution in [0, 0.1) is 17.1 Å². The molecule has 1 aromatic rings. The molecular weight excluding hydrogens is 285 g/mol. The van der Waals surface area contributed by atoms with Gasteiger partial charge in [0.1, 0.15) is 5.82 Å². The van der Waals surface area contributed by atoms with Crippen molar-refractivity contribution in [3.05, 3.63) is 35.1 Å². The van der Waals surface area contributed by atoms with Gasteiger partial charge in [0.25, 0.3) is 0 Å². The number of urea groups is 1. The number of unbranched alkanes of at least 4 members (excludes halogenated alkanes) is 1. The maximum absolute atomic E-state index is 13.8. The highest BCUT2D eigenvalue weighted by Crippen LogP contribution is 2.27. The van der Waals surface area contributed by atoms with Gasteiger partial charge in [-0.3, -0.25) is 0 Å². The van der Waals surface area contributed by atoms with Gasteiger partial charge < -0.3 is 15.3 Å². The molecule has 22 heavy (non-hydrogen) atoms. The van der Waals surface area contributed by atoms with Crippen LogP contribution in [0.15, 0.2) is 18.2 Å². The van der Waals surface area contributed by atoms with Gasteiger partial charge >= 0.3 is 6.03 Å². The Hall–Kier alpha value is -2.13. The van der Waals surface area contributed by atoms with E-state index in [1.165, 1.54) is 18.2 Å². The van der Waals surface area contributed by atoms with Gasteiger partial charge in [0.15, 0.2) is 0 Å². The molecule has 2 N–H and O–H groups in total. The molecule has 1 saturated carbocycles. The smallest absolute Gasteiger partial charge is 0.317 e. The average Bonchev–Trinajstić information content (AvgIpc) is 3.34. The van der Waals surface area contributed by atoms with E-state index in [0.29, 0.717) is 18.5 Å². The SMILES string of the molecule is N#Cc1ccc(CNC(=O)N(CCCCO)C2CC2)c(F)c1. The number of carbonyl (C=O) groups excluding carboxylic acids is 1. The minimum Gasteiger partial charge on any atom is -0.396 e. The molecule has 6 heteroatoms. The third kappa shape index (κ3) is 4.43. The summed E-state index contributed by atoms with van der Waals surface area (Å²) in [6.07, 6.45) is 3.42. The zero-order valence-electron chi connectivity index (χ0n) is 12.4. The zero-order valence-corrected chi connectivity index (χ0v) is 12.4. The molecule has 0 heterocycles. The molecule has 0 aliphatic heterocycles. The van der Waals surface area contributed by atoms with E-state index in [4.69, 9.17) is 10.4 Å². The first-order valence-electron chi connectivity index (χ1n) is 7.49. The first kappa shape index (κ1) is 16.2. The van der Waals surface area contributed by atoms with Crippen molar-refractivity contribution >= 4 is 6.03 Å². The first-order valence-corrected chi connectivity index (χ1v) is 7.49. The highest BCUT2D eigenvalue weighted by molar-refractivity contribution is 5.74. The lowest BCUT2D eigenvalue weighted by Crippen LogP contribution is -2.41. The summed E-state index contributed by atoms with van der Waals surface area (Å²) in [5.41, 5.74) is 0.620. The number of hydrogen-bond acceptors (Lipinski definition) is 3. The monoisotopic (exact) mass is 305 g/mol. The molecule has 0 atom stereocenters. The number of carbonyl (C=O) groups is 1. The molecule has 2 amide bonds. The molecule has 0 saturated heterocycles. The first-order chi connectivity index (χ1) is 10.7. The van der Waals surface area contributed by atoms with Crippen molar-refractivity contribution in [2.45, 2.75) is 38.3 Å². The predicted molar refractivity (Wildman–Crippen MR) is 79.4 cm³/mol. The molecule has 1 aromatic carbocycles. The van der Waals surface area contributed by atoms with Crippen LogP contribution in [0.2, 0.25) is 0 Å². The Morgan fingerprint density at radius 2 is 2.23 bits per heavy atom. The molecule has 118 valence electrons. The van der Waals surface area contributed by atoms with Crippen LogP contribution < -0.4 is 5.32 Å². The summed E-state index contributed by atoms with van der Waals surface area (Å²) < 4.78 is 13.8. The van der Waals surface area contributed by atoms with Crippen LogP contribution in [0.3, 0.4) is 0 Å². The van der Waals surface area contributed by atoms with Gasteiger partial charge in [0, 0.05) is 31.3 Å². The van der Waals surface area contributed by atoms with Gasteiger partial charge in [0.05, 0.1) is 11.6 Å². The van der Waals surface area contributed by atoms with E-state index in [-0.39, 0.29) is 30.8 Å². The second-order valence-electron chi connectivity index (χ2n) is 5.43. The highest BCUT2D eigenvalue weighted by Gasteiger charge is 2.31.